The smallest absolute Gasteiger partial charge is 0.166 e. The molecule has 5 heteroatoms. The largest absolute Gasteiger partial charge is 0.417 e. The maximum Gasteiger partial charge on any atom is 0.417 e. The highest BCUT2D eigenvalue weighted by molar-refractivity contribution is 6.35. The van der Waals surface area contributed by atoms with Crippen LogP contribution >= 0.6 is 23.2 Å². The van der Waals surface area contributed by atoms with Gasteiger partial charge in [0, 0.05) is 15.6 Å². The second kappa shape index (κ2) is 5.06. The highest BCUT2D eigenvalue weighted by atomic mass is 35.5. The molecule has 0 aliphatic carbocycles. The average Bonchev–Trinajstić information content (AvgIpc) is 2.30. The maximum absolute atomic E-state index is 13.0. The number of halogens is 5. The fourth-order valence-corrected chi connectivity index (χ4v) is 2.22. The van der Waals surface area contributed by atoms with E-state index in [0.717, 1.165) is 11.6 Å². The van der Waals surface area contributed by atoms with Gasteiger partial charge in [0.15, 0.2) is 0 Å². The first-order chi connectivity index (χ1) is 8.79. The summed E-state index contributed by atoms with van der Waals surface area (Å²) in [6.07, 6.45) is -4.44. The number of hydrogen-bond donors (Lipinski definition) is 0. The van der Waals surface area contributed by atoms with Crippen molar-refractivity contribution in [2.45, 2.75) is 13.1 Å². The highest BCUT2D eigenvalue weighted by Gasteiger charge is 2.34. The molecular weight excluding hydrogens is 296 g/mol. The first kappa shape index (κ1) is 14.2. The zero-order chi connectivity index (χ0) is 14.2. The van der Waals surface area contributed by atoms with Gasteiger partial charge in [-0.2, -0.15) is 13.2 Å². The molecule has 19 heavy (non-hydrogen) atoms. The van der Waals surface area contributed by atoms with Gasteiger partial charge >= 0.3 is 6.18 Å². The van der Waals surface area contributed by atoms with E-state index in [4.69, 9.17) is 23.2 Å². The first-order valence-electron chi connectivity index (χ1n) is 5.42. The van der Waals surface area contributed by atoms with Crippen LogP contribution in [0.4, 0.5) is 13.2 Å². The minimum atomic E-state index is -4.44. The Balaban J connectivity index is 2.73. The zero-order valence-electron chi connectivity index (χ0n) is 9.85. The molecule has 0 N–H and O–H groups in total. The lowest BCUT2D eigenvalue weighted by Crippen LogP contribution is -2.07. The van der Waals surface area contributed by atoms with E-state index < -0.39 is 11.7 Å². The molecule has 2 aromatic carbocycles. The molecule has 0 amide bonds. The van der Waals surface area contributed by atoms with Crippen LogP contribution < -0.4 is 0 Å². The van der Waals surface area contributed by atoms with Crippen molar-refractivity contribution in [3.8, 4) is 11.1 Å². The number of hydrogen-bond acceptors (Lipinski definition) is 0. The van der Waals surface area contributed by atoms with Crippen molar-refractivity contribution in [2.75, 3.05) is 0 Å². The van der Waals surface area contributed by atoms with Crippen molar-refractivity contribution in [1.29, 1.82) is 0 Å². The van der Waals surface area contributed by atoms with Crippen LogP contribution in [0.15, 0.2) is 36.4 Å². The quantitative estimate of drug-likeness (QED) is 0.607. The maximum atomic E-state index is 13.0. The van der Waals surface area contributed by atoms with Crippen molar-refractivity contribution in [1.82, 2.24) is 0 Å². The molecule has 0 atom stereocenters. The highest BCUT2D eigenvalue weighted by Crippen LogP contribution is 2.40. The lowest BCUT2D eigenvalue weighted by Gasteiger charge is -2.15. The van der Waals surface area contributed by atoms with E-state index >= 15 is 0 Å². The molecule has 2 aromatic rings. The molecule has 100 valence electrons. The van der Waals surface area contributed by atoms with Gasteiger partial charge < -0.3 is 0 Å². The third-order valence-electron chi connectivity index (χ3n) is 2.70. The van der Waals surface area contributed by atoms with E-state index in [9.17, 15) is 13.2 Å². The van der Waals surface area contributed by atoms with Crippen LogP contribution in [0.2, 0.25) is 10.0 Å². The Bertz CT molecular complexity index is 619. The van der Waals surface area contributed by atoms with Gasteiger partial charge in [-0.1, -0.05) is 40.9 Å². The van der Waals surface area contributed by atoms with E-state index in [1.807, 2.05) is 0 Å². The summed E-state index contributed by atoms with van der Waals surface area (Å²) in [6.45, 7) is 1.72. The van der Waals surface area contributed by atoms with Crippen LogP contribution in [0, 0.1) is 6.92 Å². The molecule has 0 nitrogen and oxygen atoms in total. The van der Waals surface area contributed by atoms with Crippen LogP contribution in [0.1, 0.15) is 11.1 Å². The van der Waals surface area contributed by atoms with Gasteiger partial charge in [0.2, 0.25) is 0 Å². The third kappa shape index (κ3) is 3.04. The molecule has 2 rings (SSSR count). The Hall–Kier alpha value is -1.19. The standard InChI is InChI=1S/C14H9Cl2F3/c1-8-2-4-12(14(17,18)19)10(6-8)11-7-9(15)3-5-13(11)16/h2-7H,1H3. The van der Waals surface area contributed by atoms with Gasteiger partial charge in [-0.3, -0.25) is 0 Å². The summed E-state index contributed by atoms with van der Waals surface area (Å²) in [5.74, 6) is 0. The lowest BCUT2D eigenvalue weighted by molar-refractivity contribution is -0.137. The second-order valence-electron chi connectivity index (χ2n) is 4.17. The average molecular weight is 305 g/mol. The molecule has 0 aliphatic rings. The molecule has 0 bridgehead atoms. The monoisotopic (exact) mass is 304 g/mol. The van der Waals surface area contributed by atoms with Gasteiger partial charge in [-0.05, 0) is 36.8 Å². The number of benzene rings is 2. The number of aryl methyl sites for hydroxylation is 1. The predicted molar refractivity (Wildman–Crippen MR) is 71.6 cm³/mol. The molecule has 0 saturated heterocycles. The summed E-state index contributed by atoms with van der Waals surface area (Å²) in [4.78, 5) is 0. The molecule has 0 fully saturated rings. The molecular formula is C14H9Cl2F3. The van der Waals surface area contributed by atoms with Crippen molar-refractivity contribution < 1.29 is 13.2 Å². The molecule has 0 radical (unpaired) electrons. The van der Waals surface area contributed by atoms with E-state index in [0.29, 0.717) is 5.02 Å². The van der Waals surface area contributed by atoms with Crippen LogP contribution in [-0.4, -0.2) is 0 Å². The molecule has 0 aliphatic heterocycles. The molecule has 0 saturated carbocycles. The fraction of sp³-hybridized carbons (Fsp3) is 0.143. The Labute approximate surface area is 118 Å². The van der Waals surface area contributed by atoms with Crippen molar-refractivity contribution in [3.63, 3.8) is 0 Å². The van der Waals surface area contributed by atoms with Crippen molar-refractivity contribution >= 4 is 23.2 Å². The topological polar surface area (TPSA) is 0 Å². The van der Waals surface area contributed by atoms with Gasteiger partial charge in [0.25, 0.3) is 0 Å². The molecule has 0 unspecified atom stereocenters. The summed E-state index contributed by atoms with van der Waals surface area (Å²) < 4.78 is 39.1. The Morgan fingerprint density at radius 3 is 2.21 bits per heavy atom. The van der Waals surface area contributed by atoms with E-state index in [1.54, 1.807) is 6.92 Å². The first-order valence-corrected chi connectivity index (χ1v) is 6.18. The minimum absolute atomic E-state index is 0.0417. The third-order valence-corrected chi connectivity index (χ3v) is 3.26. The van der Waals surface area contributed by atoms with Crippen LogP contribution in [0.5, 0.6) is 0 Å². The summed E-state index contributed by atoms with van der Waals surface area (Å²) in [7, 11) is 0. The Kier molecular flexibility index (Phi) is 3.79. The van der Waals surface area contributed by atoms with Gasteiger partial charge in [-0.25, -0.2) is 0 Å². The molecule has 0 heterocycles. The zero-order valence-corrected chi connectivity index (χ0v) is 11.4. The SMILES string of the molecule is Cc1ccc(C(F)(F)F)c(-c2cc(Cl)ccc2Cl)c1. The van der Waals surface area contributed by atoms with Crippen LogP contribution in [0.25, 0.3) is 11.1 Å². The van der Waals surface area contributed by atoms with Crippen molar-refractivity contribution in [3.05, 3.63) is 57.6 Å². The second-order valence-corrected chi connectivity index (χ2v) is 5.01. The number of alkyl halides is 3. The Morgan fingerprint density at radius 2 is 1.58 bits per heavy atom. The summed E-state index contributed by atoms with van der Waals surface area (Å²) in [6, 6.07) is 8.40. The van der Waals surface area contributed by atoms with Crippen LogP contribution in [-0.2, 0) is 6.18 Å². The van der Waals surface area contributed by atoms with E-state index in [1.165, 1.54) is 30.3 Å². The van der Waals surface area contributed by atoms with E-state index in [2.05, 4.69) is 0 Å². The fourth-order valence-electron chi connectivity index (χ4n) is 1.83. The summed E-state index contributed by atoms with van der Waals surface area (Å²) in [5.41, 5.74) is 0.325. The molecule has 0 aromatic heterocycles. The molecule has 0 spiro atoms. The summed E-state index contributed by atoms with van der Waals surface area (Å²) >= 11 is 11.8. The summed E-state index contributed by atoms with van der Waals surface area (Å²) in [5, 5.41) is 0.578. The van der Waals surface area contributed by atoms with Crippen LogP contribution in [0.3, 0.4) is 0 Å². The van der Waals surface area contributed by atoms with Gasteiger partial charge in [0.1, 0.15) is 0 Å². The van der Waals surface area contributed by atoms with Crippen molar-refractivity contribution in [2.24, 2.45) is 0 Å². The predicted octanol–water partition coefficient (Wildman–Crippen LogP) is 5.99. The lowest BCUT2D eigenvalue weighted by atomic mass is 9.97. The Morgan fingerprint density at radius 1 is 0.895 bits per heavy atom. The van der Waals surface area contributed by atoms with Gasteiger partial charge in [-0.15, -0.1) is 0 Å². The number of rotatable bonds is 1. The van der Waals surface area contributed by atoms with E-state index in [-0.39, 0.29) is 16.1 Å². The minimum Gasteiger partial charge on any atom is -0.166 e. The normalized spacial score (nSPS) is 11.7. The van der Waals surface area contributed by atoms with Gasteiger partial charge in [0.05, 0.1) is 5.56 Å².